The summed E-state index contributed by atoms with van der Waals surface area (Å²) in [6.45, 7) is 7.06. The van der Waals surface area contributed by atoms with Crippen LogP contribution in [0.25, 0.3) is 21.1 Å². The number of rotatable bonds is 8. The summed E-state index contributed by atoms with van der Waals surface area (Å²) in [6.07, 6.45) is 5.33. The molecule has 6 rings (SSSR count). The Bertz CT molecular complexity index is 1750. The van der Waals surface area contributed by atoms with E-state index in [-0.39, 0.29) is 23.6 Å². The maximum atomic E-state index is 10.1. The molecule has 5 N–H and O–H groups in total. The Balaban J connectivity index is 1.47. The van der Waals surface area contributed by atoms with E-state index in [1.165, 1.54) is 6.20 Å². The third kappa shape index (κ3) is 5.00. The summed E-state index contributed by atoms with van der Waals surface area (Å²) in [6, 6.07) is 14.0. The molecule has 1 aliphatic heterocycles. The first-order chi connectivity index (χ1) is 19.7. The number of nitrogens with one attached hydrogen (secondary N) is 4. The lowest BCUT2D eigenvalue weighted by atomic mass is 9.96. The molecule has 4 aromatic rings. The molecule has 3 heterocycles. The molecule has 0 amide bonds. The molecule has 0 bridgehead atoms. The molecule has 10 nitrogen and oxygen atoms in total. The van der Waals surface area contributed by atoms with Crippen molar-refractivity contribution in [1.29, 1.82) is 10.5 Å². The largest absolute Gasteiger partial charge is 0.394 e. The quantitative estimate of drug-likeness (QED) is 0.200. The molecule has 11 heteroatoms. The topological polar surface area (TPSA) is 145 Å². The van der Waals surface area contributed by atoms with Gasteiger partial charge in [0.2, 0.25) is 0 Å². The van der Waals surface area contributed by atoms with Crippen LogP contribution in [0.5, 0.6) is 0 Å². The van der Waals surface area contributed by atoms with Crippen LogP contribution in [-0.4, -0.2) is 38.8 Å². The minimum atomic E-state index is -0.340. The van der Waals surface area contributed by atoms with Gasteiger partial charge < -0.3 is 21.2 Å². The van der Waals surface area contributed by atoms with E-state index in [1.807, 2.05) is 34.9 Å². The number of benzene rings is 2. The number of aliphatic hydroxyl groups is 1. The lowest BCUT2D eigenvalue weighted by Gasteiger charge is -2.24. The number of nitriles is 2. The third-order valence-corrected chi connectivity index (χ3v) is 8.44. The van der Waals surface area contributed by atoms with E-state index in [9.17, 15) is 15.6 Å². The summed E-state index contributed by atoms with van der Waals surface area (Å²) in [4.78, 5) is 9.00. The van der Waals surface area contributed by atoms with Crippen LogP contribution >= 0.6 is 11.3 Å². The van der Waals surface area contributed by atoms with Crippen molar-refractivity contribution in [2.45, 2.75) is 45.2 Å². The van der Waals surface area contributed by atoms with Crippen molar-refractivity contribution in [2.75, 3.05) is 23.8 Å². The van der Waals surface area contributed by atoms with Gasteiger partial charge in [-0.15, -0.1) is 16.9 Å². The first-order valence-corrected chi connectivity index (χ1v) is 14.4. The second-order valence-corrected chi connectivity index (χ2v) is 12.7. The van der Waals surface area contributed by atoms with Crippen LogP contribution < -0.4 is 21.6 Å². The van der Waals surface area contributed by atoms with Crippen LogP contribution in [0.4, 0.5) is 11.4 Å². The zero-order valence-electron chi connectivity index (χ0n) is 23.1. The van der Waals surface area contributed by atoms with Crippen LogP contribution in [-0.2, 0) is 0 Å². The maximum Gasteiger partial charge on any atom is 0.103 e. The highest BCUT2D eigenvalue weighted by Crippen LogP contribution is 2.43. The summed E-state index contributed by atoms with van der Waals surface area (Å²) < 4.78 is 1.05. The number of hydrogen-bond donors (Lipinski definition) is 5. The van der Waals surface area contributed by atoms with Crippen molar-refractivity contribution < 1.29 is 5.11 Å². The lowest BCUT2D eigenvalue weighted by molar-refractivity contribution is 0.106. The average molecular weight is 566 g/mol. The number of nitrogens with zero attached hydrogens (tertiary/aromatic N) is 5. The minimum absolute atomic E-state index is 0.0261. The van der Waals surface area contributed by atoms with Crippen LogP contribution in [0.1, 0.15) is 56.3 Å². The van der Waals surface area contributed by atoms with Gasteiger partial charge in [-0.1, -0.05) is 32.9 Å². The van der Waals surface area contributed by atoms with Crippen molar-refractivity contribution in [1.82, 2.24) is 25.9 Å². The molecule has 0 radical (unpaired) electrons. The zero-order chi connectivity index (χ0) is 28.8. The van der Waals surface area contributed by atoms with Gasteiger partial charge in [0, 0.05) is 30.0 Å². The SMILES string of the molecule is CC(C)(C)CNc1c(C#N)cnc2c(C#N)cc(N[C@H](C3=CN(C4(CO)CC4)NN3)c3cccc4ncsc34)cc12. The predicted molar refractivity (Wildman–Crippen MR) is 160 cm³/mol. The minimum Gasteiger partial charge on any atom is -0.394 e. The van der Waals surface area contributed by atoms with E-state index in [2.05, 4.69) is 70.5 Å². The molecular formula is C30H31N9OS. The molecule has 1 fully saturated rings. The number of hydrazine groups is 2. The Morgan fingerprint density at radius 2 is 1.98 bits per heavy atom. The number of thiazole rings is 1. The Kier molecular flexibility index (Phi) is 6.66. The highest BCUT2D eigenvalue weighted by Gasteiger charge is 2.49. The first kappa shape index (κ1) is 26.8. The predicted octanol–water partition coefficient (Wildman–Crippen LogP) is 4.89. The van der Waals surface area contributed by atoms with Crippen molar-refractivity contribution in [3.05, 3.63) is 70.6 Å². The molecule has 208 valence electrons. The molecule has 2 aromatic carbocycles. The van der Waals surface area contributed by atoms with E-state index < -0.39 is 0 Å². The second kappa shape index (κ2) is 10.2. The van der Waals surface area contributed by atoms with Gasteiger partial charge in [-0.25, -0.2) is 4.98 Å². The van der Waals surface area contributed by atoms with Crippen LogP contribution in [0.3, 0.4) is 0 Å². The van der Waals surface area contributed by atoms with E-state index in [1.54, 1.807) is 17.4 Å². The van der Waals surface area contributed by atoms with Crippen LogP contribution in [0, 0.1) is 28.1 Å². The molecule has 0 spiro atoms. The number of aliphatic hydroxyl groups excluding tert-OH is 1. The van der Waals surface area contributed by atoms with Crippen molar-refractivity contribution in [2.24, 2.45) is 5.41 Å². The Morgan fingerprint density at radius 3 is 2.68 bits per heavy atom. The van der Waals surface area contributed by atoms with Crippen molar-refractivity contribution in [3.8, 4) is 12.1 Å². The molecule has 41 heavy (non-hydrogen) atoms. The summed E-state index contributed by atoms with van der Waals surface area (Å²) in [5.41, 5.74) is 13.6. The molecule has 0 unspecified atom stereocenters. The molecule has 2 aliphatic rings. The lowest BCUT2D eigenvalue weighted by Crippen LogP contribution is -2.46. The van der Waals surface area contributed by atoms with Crippen LogP contribution in [0.2, 0.25) is 0 Å². The Labute approximate surface area is 242 Å². The van der Waals surface area contributed by atoms with Gasteiger partial charge in [0.05, 0.1) is 61.9 Å². The maximum absolute atomic E-state index is 10.1. The summed E-state index contributed by atoms with van der Waals surface area (Å²) >= 11 is 1.57. The van der Waals surface area contributed by atoms with Crippen molar-refractivity contribution >= 4 is 43.8 Å². The first-order valence-electron chi connectivity index (χ1n) is 13.5. The highest BCUT2D eigenvalue weighted by molar-refractivity contribution is 7.17. The molecule has 0 saturated heterocycles. The summed E-state index contributed by atoms with van der Waals surface area (Å²) in [5.74, 6) is 0. The Hall–Kier alpha value is -4.42. The molecule has 1 saturated carbocycles. The highest BCUT2D eigenvalue weighted by atomic mass is 32.1. The normalized spacial score (nSPS) is 16.5. The fraction of sp³-hybridized carbons (Fsp3) is 0.333. The number of aromatic nitrogens is 2. The summed E-state index contributed by atoms with van der Waals surface area (Å²) in [7, 11) is 0. The van der Waals surface area contributed by atoms with E-state index >= 15 is 0 Å². The van der Waals surface area contributed by atoms with Gasteiger partial charge in [0.1, 0.15) is 12.1 Å². The number of hydrogen-bond acceptors (Lipinski definition) is 11. The van der Waals surface area contributed by atoms with Gasteiger partial charge in [-0.05, 0) is 42.0 Å². The fourth-order valence-corrected chi connectivity index (χ4v) is 5.91. The third-order valence-electron chi connectivity index (χ3n) is 7.55. The van der Waals surface area contributed by atoms with Gasteiger partial charge in [-0.3, -0.25) is 9.99 Å². The molecule has 1 aliphatic carbocycles. The number of anilines is 2. The molecular weight excluding hydrogens is 534 g/mol. The number of fused-ring (bicyclic) bond motifs is 2. The average Bonchev–Trinajstić information content (AvgIpc) is 3.35. The smallest absolute Gasteiger partial charge is 0.103 e. The fourth-order valence-electron chi connectivity index (χ4n) is 5.08. The van der Waals surface area contributed by atoms with Gasteiger partial charge in [-0.2, -0.15) is 10.5 Å². The standard InChI is InChI=1S/C30H31N9OS/c1-29(2,3)15-34-26-19(12-32)13-33-25-18(11-31)9-20(10-22(25)26)36-27(21-5-4-6-23-28(21)41-17-35-23)24-14-39(38-37-24)30(16-40)7-8-30/h4-6,9-10,13-14,17,27,36-38,40H,7-8,15-16H2,1-3H3,(H,33,34)/t27-/m0/s1. The van der Waals surface area contributed by atoms with Gasteiger partial charge in [0.15, 0.2) is 0 Å². The van der Waals surface area contributed by atoms with E-state index in [0.717, 1.165) is 34.3 Å². The molecule has 1 atom stereocenters. The van der Waals surface area contributed by atoms with Crippen molar-refractivity contribution in [3.63, 3.8) is 0 Å². The second-order valence-electron chi connectivity index (χ2n) is 11.8. The van der Waals surface area contributed by atoms with Crippen LogP contribution in [0.15, 0.2) is 53.9 Å². The Morgan fingerprint density at radius 1 is 1.17 bits per heavy atom. The monoisotopic (exact) mass is 565 g/mol. The van der Waals surface area contributed by atoms with Gasteiger partial charge >= 0.3 is 0 Å². The summed E-state index contributed by atoms with van der Waals surface area (Å²) in [5, 5.41) is 39.7. The van der Waals surface area contributed by atoms with E-state index in [4.69, 9.17) is 0 Å². The molecule has 2 aromatic heterocycles. The number of pyridine rings is 1. The van der Waals surface area contributed by atoms with Gasteiger partial charge in [0.25, 0.3) is 0 Å². The van der Waals surface area contributed by atoms with E-state index in [0.29, 0.717) is 39.9 Å². The zero-order valence-corrected chi connectivity index (χ0v) is 23.9.